The second-order valence-corrected chi connectivity index (χ2v) is 17.6. The van der Waals surface area contributed by atoms with E-state index >= 15 is 0 Å². The van der Waals surface area contributed by atoms with Crippen molar-refractivity contribution in [3.63, 3.8) is 0 Å². The lowest BCUT2D eigenvalue weighted by molar-refractivity contribution is -0.117. The van der Waals surface area contributed by atoms with Gasteiger partial charge in [0.2, 0.25) is 11.8 Å². The summed E-state index contributed by atoms with van der Waals surface area (Å²) in [6.07, 6.45) is 35.6. The van der Waals surface area contributed by atoms with Gasteiger partial charge in [-0.15, -0.1) is 0 Å². The van der Waals surface area contributed by atoms with Crippen molar-refractivity contribution in [2.75, 3.05) is 49.9 Å². The van der Waals surface area contributed by atoms with Crippen LogP contribution >= 0.6 is 0 Å². The Morgan fingerprint density at radius 2 is 0.610 bits per heavy atom. The molecule has 0 aromatic heterocycles. The standard InChI is InChI=1S/C53H92N4O2/c1-5-9-13-17-21-25-41-56(42-26-22-18-14-10-6-2)45-29-31-52(58)54-50-37-33-48(34-38-50)47-49-35-39-51(40-36-49)55-53(59)32-30-46-57(43-27-23-19-15-11-7-3)44-28-24-20-16-12-8-4/h33-40H,5-32,41-47H2,1-4H3,(H,54,58)(H,55,59). The molecule has 6 nitrogen and oxygen atoms in total. The fourth-order valence-corrected chi connectivity index (χ4v) is 8.15. The van der Waals surface area contributed by atoms with Crippen molar-refractivity contribution in [3.05, 3.63) is 59.7 Å². The Hall–Kier alpha value is -2.70. The maximum atomic E-state index is 12.9. The van der Waals surface area contributed by atoms with Crippen molar-refractivity contribution < 1.29 is 9.59 Å². The van der Waals surface area contributed by atoms with Crippen LogP contribution in [0.5, 0.6) is 0 Å². The van der Waals surface area contributed by atoms with Crippen LogP contribution in [0.1, 0.15) is 219 Å². The number of nitrogens with one attached hydrogen (secondary N) is 2. The molecule has 2 N–H and O–H groups in total. The first kappa shape index (κ1) is 52.4. The molecule has 0 saturated carbocycles. The zero-order valence-corrected chi connectivity index (χ0v) is 39.1. The van der Waals surface area contributed by atoms with Crippen LogP contribution < -0.4 is 10.6 Å². The predicted molar refractivity (Wildman–Crippen MR) is 258 cm³/mol. The maximum Gasteiger partial charge on any atom is 0.224 e. The molecule has 2 aromatic carbocycles. The number of anilines is 2. The zero-order valence-electron chi connectivity index (χ0n) is 39.1. The highest BCUT2D eigenvalue weighted by Crippen LogP contribution is 2.18. The van der Waals surface area contributed by atoms with Gasteiger partial charge < -0.3 is 20.4 Å². The Morgan fingerprint density at radius 3 is 0.898 bits per heavy atom. The minimum absolute atomic E-state index is 0.105. The van der Waals surface area contributed by atoms with E-state index in [-0.39, 0.29) is 11.8 Å². The second kappa shape index (κ2) is 37.1. The molecule has 0 fully saturated rings. The molecule has 0 aliphatic rings. The number of nitrogens with zero attached hydrogens (tertiary/aromatic N) is 2. The molecule has 0 saturated heterocycles. The van der Waals surface area contributed by atoms with Gasteiger partial charge in [0.15, 0.2) is 0 Å². The molecule has 0 unspecified atom stereocenters. The second-order valence-electron chi connectivity index (χ2n) is 17.6. The first-order valence-electron chi connectivity index (χ1n) is 25.2. The number of rotatable bonds is 40. The normalized spacial score (nSPS) is 11.5. The fraction of sp³-hybridized carbons (Fsp3) is 0.736. The third-order valence-corrected chi connectivity index (χ3v) is 12.0. The van der Waals surface area contributed by atoms with E-state index in [1.54, 1.807) is 0 Å². The SMILES string of the molecule is CCCCCCCCN(CCCCCCCC)CCCC(=O)Nc1ccc(Cc2ccc(NC(=O)CCCN(CCCCCCCC)CCCCCCCC)cc2)cc1. The number of carbonyl (C=O) groups is 2. The number of hydrogen-bond donors (Lipinski definition) is 2. The van der Waals surface area contributed by atoms with E-state index in [2.05, 4.69) is 72.4 Å². The van der Waals surface area contributed by atoms with Crippen molar-refractivity contribution in [3.8, 4) is 0 Å². The Morgan fingerprint density at radius 1 is 0.356 bits per heavy atom. The number of amides is 2. The van der Waals surface area contributed by atoms with Crippen LogP contribution in [0.4, 0.5) is 11.4 Å². The third-order valence-electron chi connectivity index (χ3n) is 12.0. The zero-order chi connectivity index (χ0) is 42.4. The molecule has 59 heavy (non-hydrogen) atoms. The molecule has 0 heterocycles. The first-order chi connectivity index (χ1) is 29.0. The van der Waals surface area contributed by atoms with Crippen molar-refractivity contribution in [2.45, 2.75) is 214 Å². The van der Waals surface area contributed by atoms with Gasteiger partial charge in [0, 0.05) is 24.2 Å². The quantitative estimate of drug-likeness (QED) is 0.0658. The van der Waals surface area contributed by atoms with Crippen LogP contribution in [0.15, 0.2) is 48.5 Å². The minimum atomic E-state index is 0.105. The average Bonchev–Trinajstić information content (AvgIpc) is 3.23. The number of unbranched alkanes of at least 4 members (excludes halogenated alkanes) is 20. The summed E-state index contributed by atoms with van der Waals surface area (Å²) >= 11 is 0. The van der Waals surface area contributed by atoms with E-state index in [0.717, 1.165) is 43.7 Å². The highest BCUT2D eigenvalue weighted by atomic mass is 16.2. The van der Waals surface area contributed by atoms with Crippen LogP contribution in [-0.2, 0) is 16.0 Å². The number of carbonyl (C=O) groups excluding carboxylic acids is 2. The molecule has 0 atom stereocenters. The van der Waals surface area contributed by atoms with Crippen molar-refractivity contribution in [1.82, 2.24) is 9.80 Å². The van der Waals surface area contributed by atoms with Gasteiger partial charge in [0.1, 0.15) is 0 Å². The van der Waals surface area contributed by atoms with E-state index in [0.29, 0.717) is 12.8 Å². The monoisotopic (exact) mass is 817 g/mol. The van der Waals surface area contributed by atoms with Crippen LogP contribution in [-0.4, -0.2) is 60.9 Å². The van der Waals surface area contributed by atoms with Gasteiger partial charge in [-0.1, -0.05) is 180 Å². The van der Waals surface area contributed by atoms with Crippen LogP contribution in [0.2, 0.25) is 0 Å². The minimum Gasteiger partial charge on any atom is -0.326 e. The molecule has 0 bridgehead atoms. The Kier molecular flexibility index (Phi) is 33.0. The molecule has 2 aromatic rings. The van der Waals surface area contributed by atoms with Crippen LogP contribution in [0.25, 0.3) is 0 Å². The molecular formula is C53H92N4O2. The van der Waals surface area contributed by atoms with E-state index in [1.165, 1.54) is 191 Å². The molecular weight excluding hydrogens is 725 g/mol. The van der Waals surface area contributed by atoms with Gasteiger partial charge in [-0.05, 0) is 120 Å². The molecule has 6 heteroatoms. The molecule has 0 aliphatic carbocycles. The molecule has 0 radical (unpaired) electrons. The predicted octanol–water partition coefficient (Wildman–Crippen LogP) is 14.8. The summed E-state index contributed by atoms with van der Waals surface area (Å²) in [5.74, 6) is 0.209. The molecule has 0 spiro atoms. The lowest BCUT2D eigenvalue weighted by Crippen LogP contribution is -2.28. The van der Waals surface area contributed by atoms with Crippen LogP contribution in [0, 0.1) is 0 Å². The smallest absolute Gasteiger partial charge is 0.224 e. The highest BCUT2D eigenvalue weighted by molar-refractivity contribution is 5.91. The van der Waals surface area contributed by atoms with Crippen molar-refractivity contribution >= 4 is 23.2 Å². The number of benzene rings is 2. The molecule has 2 amide bonds. The fourth-order valence-electron chi connectivity index (χ4n) is 8.15. The summed E-state index contributed by atoms with van der Waals surface area (Å²) < 4.78 is 0. The summed E-state index contributed by atoms with van der Waals surface area (Å²) in [7, 11) is 0. The van der Waals surface area contributed by atoms with E-state index in [4.69, 9.17) is 0 Å². The first-order valence-corrected chi connectivity index (χ1v) is 25.2. The topological polar surface area (TPSA) is 64.7 Å². The summed E-state index contributed by atoms with van der Waals surface area (Å²) in [5, 5.41) is 6.26. The van der Waals surface area contributed by atoms with Gasteiger partial charge in [0.05, 0.1) is 0 Å². The third kappa shape index (κ3) is 29.2. The summed E-state index contributed by atoms with van der Waals surface area (Å²) in [5.41, 5.74) is 4.12. The average molecular weight is 817 g/mol. The van der Waals surface area contributed by atoms with E-state index < -0.39 is 0 Å². The van der Waals surface area contributed by atoms with E-state index in [1.807, 2.05) is 24.3 Å². The summed E-state index contributed by atoms with van der Waals surface area (Å²) in [4.78, 5) is 31.0. The highest BCUT2D eigenvalue weighted by Gasteiger charge is 2.10. The van der Waals surface area contributed by atoms with Gasteiger partial charge >= 0.3 is 0 Å². The molecule has 2 rings (SSSR count). The summed E-state index contributed by atoms with van der Waals surface area (Å²) in [6, 6.07) is 16.5. The van der Waals surface area contributed by atoms with E-state index in [9.17, 15) is 9.59 Å². The Labute approximate surface area is 364 Å². The summed E-state index contributed by atoms with van der Waals surface area (Å²) in [6.45, 7) is 15.8. The van der Waals surface area contributed by atoms with Gasteiger partial charge in [-0.3, -0.25) is 9.59 Å². The Bertz CT molecular complexity index is 1130. The Balaban J connectivity index is 1.72. The van der Waals surface area contributed by atoms with Crippen molar-refractivity contribution in [2.24, 2.45) is 0 Å². The number of hydrogen-bond acceptors (Lipinski definition) is 4. The van der Waals surface area contributed by atoms with Gasteiger partial charge in [-0.25, -0.2) is 0 Å². The molecule has 0 aliphatic heterocycles. The lowest BCUT2D eigenvalue weighted by atomic mass is 10.0. The van der Waals surface area contributed by atoms with Crippen molar-refractivity contribution in [1.29, 1.82) is 0 Å². The lowest BCUT2D eigenvalue weighted by Gasteiger charge is -2.22. The van der Waals surface area contributed by atoms with Crippen LogP contribution in [0.3, 0.4) is 0 Å². The largest absolute Gasteiger partial charge is 0.326 e. The van der Waals surface area contributed by atoms with Gasteiger partial charge in [-0.2, -0.15) is 0 Å². The molecule has 336 valence electrons. The van der Waals surface area contributed by atoms with Gasteiger partial charge in [0.25, 0.3) is 0 Å². The maximum absolute atomic E-state index is 12.9.